The first kappa shape index (κ1) is 12.3. The predicted molar refractivity (Wildman–Crippen MR) is 66.8 cm³/mol. The van der Waals surface area contributed by atoms with Crippen molar-refractivity contribution in [3.63, 3.8) is 0 Å². The Bertz CT molecular complexity index is 155. The van der Waals surface area contributed by atoms with Gasteiger partial charge in [0.05, 0.1) is 0 Å². The van der Waals surface area contributed by atoms with Gasteiger partial charge in [-0.25, -0.2) is 0 Å². The molecule has 0 saturated carbocycles. The molecule has 0 aromatic carbocycles. The highest BCUT2D eigenvalue weighted by Gasteiger charge is 2.13. The molecule has 2 heterocycles. The molecule has 1 N–H and O–H groups in total. The third-order valence-electron chi connectivity index (χ3n) is 3.75. The molecule has 0 spiro atoms. The van der Waals surface area contributed by atoms with Gasteiger partial charge in [-0.15, -0.1) is 0 Å². The zero-order chi connectivity index (χ0) is 11.1. The van der Waals surface area contributed by atoms with Crippen molar-refractivity contribution in [2.75, 3.05) is 39.4 Å². The van der Waals surface area contributed by atoms with Crippen molar-refractivity contribution in [3.8, 4) is 0 Å². The normalized spacial score (nSPS) is 24.8. The first-order valence-corrected chi connectivity index (χ1v) is 6.98. The molecule has 2 aliphatic rings. The summed E-state index contributed by atoms with van der Waals surface area (Å²) in [5.41, 5.74) is 0. The van der Waals surface area contributed by atoms with E-state index in [1.807, 2.05) is 0 Å². The summed E-state index contributed by atoms with van der Waals surface area (Å²) < 4.78 is 5.35. The molecule has 0 radical (unpaired) electrons. The maximum Gasteiger partial charge on any atom is 0.0480 e. The van der Waals surface area contributed by atoms with E-state index in [0.717, 1.165) is 19.3 Å². The minimum absolute atomic E-state index is 0.718. The van der Waals surface area contributed by atoms with Gasteiger partial charge in [-0.2, -0.15) is 0 Å². The summed E-state index contributed by atoms with van der Waals surface area (Å²) in [4.78, 5) is 2.62. The Kier molecular flexibility index (Phi) is 5.59. The minimum atomic E-state index is 0.718. The van der Waals surface area contributed by atoms with Crippen LogP contribution >= 0.6 is 0 Å². The molecule has 2 saturated heterocycles. The van der Waals surface area contributed by atoms with Gasteiger partial charge in [-0.05, 0) is 58.3 Å². The van der Waals surface area contributed by atoms with Crippen LogP contribution in [-0.2, 0) is 4.74 Å². The second kappa shape index (κ2) is 7.25. The average Bonchev–Trinajstić information content (AvgIpc) is 2.37. The van der Waals surface area contributed by atoms with Crippen LogP contribution in [0.4, 0.5) is 0 Å². The fraction of sp³-hybridized carbons (Fsp3) is 1.00. The van der Waals surface area contributed by atoms with Gasteiger partial charge in [-0.3, -0.25) is 0 Å². The van der Waals surface area contributed by atoms with Crippen LogP contribution in [0.15, 0.2) is 0 Å². The maximum atomic E-state index is 5.35. The highest BCUT2D eigenvalue weighted by Crippen LogP contribution is 2.09. The van der Waals surface area contributed by atoms with Crippen LogP contribution in [0.2, 0.25) is 0 Å². The van der Waals surface area contributed by atoms with Crippen LogP contribution in [0.1, 0.15) is 38.5 Å². The molecular weight excluding hydrogens is 200 g/mol. The van der Waals surface area contributed by atoms with E-state index < -0.39 is 0 Å². The number of hydrogen-bond acceptors (Lipinski definition) is 3. The van der Waals surface area contributed by atoms with Gasteiger partial charge in [0, 0.05) is 19.3 Å². The van der Waals surface area contributed by atoms with Crippen molar-refractivity contribution in [1.82, 2.24) is 10.2 Å². The lowest BCUT2D eigenvalue weighted by atomic mass is 10.1. The van der Waals surface area contributed by atoms with Gasteiger partial charge < -0.3 is 15.0 Å². The van der Waals surface area contributed by atoms with E-state index in [2.05, 4.69) is 10.2 Å². The van der Waals surface area contributed by atoms with Crippen LogP contribution in [0, 0.1) is 0 Å². The summed E-state index contributed by atoms with van der Waals surface area (Å²) in [6.07, 6.45) is 7.96. The summed E-state index contributed by atoms with van der Waals surface area (Å²) in [6, 6.07) is 0.718. The van der Waals surface area contributed by atoms with E-state index in [0.29, 0.717) is 0 Å². The topological polar surface area (TPSA) is 24.5 Å². The Balaban J connectivity index is 1.47. The van der Waals surface area contributed by atoms with E-state index in [4.69, 9.17) is 4.74 Å². The van der Waals surface area contributed by atoms with E-state index in [1.165, 1.54) is 64.7 Å². The standard InChI is InChI=1S/C13H26N2O/c1-2-8-15(9-3-1)10-4-7-14-13-5-11-16-12-6-13/h13-14H,1-12H2. The van der Waals surface area contributed by atoms with Crippen molar-refractivity contribution in [3.05, 3.63) is 0 Å². The number of nitrogens with one attached hydrogen (secondary N) is 1. The number of hydrogen-bond donors (Lipinski definition) is 1. The molecule has 2 aliphatic heterocycles. The van der Waals surface area contributed by atoms with Crippen LogP contribution in [-0.4, -0.2) is 50.3 Å². The van der Waals surface area contributed by atoms with Crippen LogP contribution in [0.25, 0.3) is 0 Å². The summed E-state index contributed by atoms with van der Waals surface area (Å²) in [5.74, 6) is 0. The minimum Gasteiger partial charge on any atom is -0.381 e. The quantitative estimate of drug-likeness (QED) is 0.721. The average molecular weight is 226 g/mol. The van der Waals surface area contributed by atoms with Gasteiger partial charge >= 0.3 is 0 Å². The molecule has 16 heavy (non-hydrogen) atoms. The molecule has 3 heteroatoms. The van der Waals surface area contributed by atoms with E-state index >= 15 is 0 Å². The van der Waals surface area contributed by atoms with Crippen LogP contribution in [0.3, 0.4) is 0 Å². The first-order valence-electron chi connectivity index (χ1n) is 6.98. The number of nitrogens with zero attached hydrogens (tertiary/aromatic N) is 1. The van der Waals surface area contributed by atoms with Gasteiger partial charge in [0.1, 0.15) is 0 Å². The number of likely N-dealkylation sites (tertiary alicyclic amines) is 1. The fourth-order valence-electron chi connectivity index (χ4n) is 2.69. The van der Waals surface area contributed by atoms with Crippen molar-refractivity contribution >= 4 is 0 Å². The third kappa shape index (κ3) is 4.40. The Hall–Kier alpha value is -0.120. The highest BCUT2D eigenvalue weighted by atomic mass is 16.5. The Morgan fingerprint density at radius 1 is 1.06 bits per heavy atom. The molecule has 0 aromatic heterocycles. The van der Waals surface area contributed by atoms with Crippen LogP contribution < -0.4 is 5.32 Å². The number of rotatable bonds is 5. The number of ether oxygens (including phenoxy) is 1. The molecule has 3 nitrogen and oxygen atoms in total. The molecule has 2 rings (SSSR count). The lowest BCUT2D eigenvalue weighted by molar-refractivity contribution is 0.0777. The second-order valence-corrected chi connectivity index (χ2v) is 5.10. The zero-order valence-corrected chi connectivity index (χ0v) is 10.4. The van der Waals surface area contributed by atoms with E-state index in [-0.39, 0.29) is 0 Å². The first-order chi connectivity index (χ1) is 7.95. The van der Waals surface area contributed by atoms with Crippen molar-refractivity contribution < 1.29 is 4.74 Å². The van der Waals surface area contributed by atoms with Gasteiger partial charge in [-0.1, -0.05) is 6.42 Å². The van der Waals surface area contributed by atoms with Crippen LogP contribution in [0.5, 0.6) is 0 Å². The molecule has 2 fully saturated rings. The molecule has 0 unspecified atom stereocenters. The maximum absolute atomic E-state index is 5.35. The Morgan fingerprint density at radius 2 is 1.81 bits per heavy atom. The lowest BCUT2D eigenvalue weighted by Crippen LogP contribution is -2.37. The molecule has 94 valence electrons. The van der Waals surface area contributed by atoms with Gasteiger partial charge in [0.15, 0.2) is 0 Å². The largest absolute Gasteiger partial charge is 0.381 e. The van der Waals surface area contributed by atoms with E-state index in [1.54, 1.807) is 0 Å². The van der Waals surface area contributed by atoms with Crippen molar-refractivity contribution in [2.24, 2.45) is 0 Å². The van der Waals surface area contributed by atoms with E-state index in [9.17, 15) is 0 Å². The number of piperidine rings is 1. The lowest BCUT2D eigenvalue weighted by Gasteiger charge is -2.27. The molecule has 0 atom stereocenters. The SMILES string of the molecule is C1CCN(CCCNC2CCOCC2)CC1. The molecule has 0 aromatic rings. The Labute approximate surface area is 99.5 Å². The van der Waals surface area contributed by atoms with Gasteiger partial charge in [0.25, 0.3) is 0 Å². The Morgan fingerprint density at radius 3 is 2.56 bits per heavy atom. The van der Waals surface area contributed by atoms with Gasteiger partial charge in [0.2, 0.25) is 0 Å². The molecule has 0 bridgehead atoms. The molecule has 0 aliphatic carbocycles. The predicted octanol–water partition coefficient (Wildman–Crippen LogP) is 1.63. The monoisotopic (exact) mass is 226 g/mol. The smallest absolute Gasteiger partial charge is 0.0480 e. The molecule has 0 amide bonds. The summed E-state index contributed by atoms with van der Waals surface area (Å²) in [5, 5.41) is 3.65. The molecular formula is C13H26N2O. The highest BCUT2D eigenvalue weighted by molar-refractivity contribution is 4.71. The van der Waals surface area contributed by atoms with Crippen molar-refractivity contribution in [2.45, 2.75) is 44.6 Å². The fourth-order valence-corrected chi connectivity index (χ4v) is 2.69. The second-order valence-electron chi connectivity index (χ2n) is 5.10. The summed E-state index contributed by atoms with van der Waals surface area (Å²) >= 11 is 0. The van der Waals surface area contributed by atoms with Crippen molar-refractivity contribution in [1.29, 1.82) is 0 Å². The third-order valence-corrected chi connectivity index (χ3v) is 3.75. The summed E-state index contributed by atoms with van der Waals surface area (Å²) in [7, 11) is 0. The summed E-state index contributed by atoms with van der Waals surface area (Å²) in [6.45, 7) is 7.03. The zero-order valence-electron chi connectivity index (χ0n) is 10.4.